The van der Waals surface area contributed by atoms with Crippen molar-refractivity contribution in [2.24, 2.45) is 5.10 Å². The van der Waals surface area contributed by atoms with Crippen LogP contribution in [-0.4, -0.2) is 21.1 Å². The molecule has 2 aromatic rings. The minimum absolute atomic E-state index is 0.137. The van der Waals surface area contributed by atoms with E-state index in [0.717, 1.165) is 4.68 Å². The smallest absolute Gasteiger partial charge is 0.296 e. The zero-order chi connectivity index (χ0) is 11.5. The number of furan rings is 1. The van der Waals surface area contributed by atoms with Crippen LogP contribution in [0.15, 0.2) is 32.7 Å². The fourth-order valence-corrected chi connectivity index (χ4v) is 1.23. The third-order valence-electron chi connectivity index (χ3n) is 1.86. The van der Waals surface area contributed by atoms with Gasteiger partial charge in [-0.25, -0.2) is 0 Å². The molecular formula is C9H8N4O2S. The highest BCUT2D eigenvalue weighted by Gasteiger charge is 2.00. The summed E-state index contributed by atoms with van der Waals surface area (Å²) in [7, 11) is 0. The van der Waals surface area contributed by atoms with Crippen molar-refractivity contribution in [2.45, 2.75) is 6.92 Å². The summed E-state index contributed by atoms with van der Waals surface area (Å²) < 4.78 is 6.23. The lowest BCUT2D eigenvalue weighted by atomic mass is 10.5. The normalized spacial score (nSPS) is 11.1. The van der Waals surface area contributed by atoms with Gasteiger partial charge in [-0.1, -0.05) is 0 Å². The maximum atomic E-state index is 11.6. The monoisotopic (exact) mass is 236 g/mol. The van der Waals surface area contributed by atoms with Crippen molar-refractivity contribution in [3.05, 3.63) is 45.0 Å². The molecule has 0 saturated carbocycles. The van der Waals surface area contributed by atoms with E-state index in [-0.39, 0.29) is 10.3 Å². The summed E-state index contributed by atoms with van der Waals surface area (Å²) in [5, 5.41) is 10.2. The van der Waals surface area contributed by atoms with Gasteiger partial charge in [0, 0.05) is 0 Å². The molecule has 16 heavy (non-hydrogen) atoms. The van der Waals surface area contributed by atoms with Gasteiger partial charge in [-0.3, -0.25) is 9.89 Å². The second-order valence-electron chi connectivity index (χ2n) is 2.99. The van der Waals surface area contributed by atoms with Crippen molar-refractivity contribution >= 4 is 18.4 Å². The molecule has 0 bridgehead atoms. The van der Waals surface area contributed by atoms with E-state index in [1.165, 1.54) is 12.5 Å². The SMILES string of the molecule is Cc1n[nH]c(=S)n(/N=C\c2ccco2)c1=O. The van der Waals surface area contributed by atoms with E-state index in [2.05, 4.69) is 15.3 Å². The Kier molecular flexibility index (Phi) is 2.78. The van der Waals surface area contributed by atoms with Crippen LogP contribution in [0.5, 0.6) is 0 Å². The number of rotatable bonds is 2. The van der Waals surface area contributed by atoms with E-state index in [1.54, 1.807) is 19.1 Å². The van der Waals surface area contributed by atoms with Crippen molar-refractivity contribution in [3.63, 3.8) is 0 Å². The maximum Gasteiger partial charge on any atom is 0.296 e. The van der Waals surface area contributed by atoms with Crippen LogP contribution in [0.3, 0.4) is 0 Å². The highest BCUT2D eigenvalue weighted by atomic mass is 32.1. The number of hydrogen-bond acceptors (Lipinski definition) is 5. The summed E-state index contributed by atoms with van der Waals surface area (Å²) in [4.78, 5) is 11.6. The number of nitrogens with zero attached hydrogens (tertiary/aromatic N) is 3. The Morgan fingerprint density at radius 2 is 2.50 bits per heavy atom. The Hall–Kier alpha value is -2.02. The third kappa shape index (κ3) is 1.98. The molecule has 2 aromatic heterocycles. The molecule has 0 saturated heterocycles. The average molecular weight is 236 g/mol. The zero-order valence-electron chi connectivity index (χ0n) is 8.38. The molecule has 2 heterocycles. The molecule has 0 aromatic carbocycles. The van der Waals surface area contributed by atoms with Gasteiger partial charge in [0.2, 0.25) is 4.77 Å². The second kappa shape index (κ2) is 4.23. The summed E-state index contributed by atoms with van der Waals surface area (Å²) in [5.41, 5.74) is -0.0586. The lowest BCUT2D eigenvalue weighted by Gasteiger charge is -1.97. The molecule has 6 nitrogen and oxygen atoms in total. The molecule has 0 spiro atoms. The van der Waals surface area contributed by atoms with Gasteiger partial charge in [-0.05, 0) is 31.3 Å². The van der Waals surface area contributed by atoms with Gasteiger partial charge in [0.1, 0.15) is 11.5 Å². The average Bonchev–Trinajstić information content (AvgIpc) is 2.77. The molecule has 0 unspecified atom stereocenters. The largest absolute Gasteiger partial charge is 0.463 e. The summed E-state index contributed by atoms with van der Waals surface area (Å²) in [6, 6.07) is 3.44. The van der Waals surface area contributed by atoms with Gasteiger partial charge in [0.05, 0.1) is 12.5 Å². The Morgan fingerprint density at radius 3 is 3.19 bits per heavy atom. The number of H-pyrrole nitrogens is 1. The number of nitrogens with one attached hydrogen (secondary N) is 1. The number of aryl methyl sites for hydroxylation is 1. The predicted octanol–water partition coefficient (Wildman–Crippen LogP) is 1.08. The van der Waals surface area contributed by atoms with E-state index in [4.69, 9.17) is 16.6 Å². The Bertz CT molecular complexity index is 624. The molecule has 0 fully saturated rings. The van der Waals surface area contributed by atoms with Gasteiger partial charge in [0.25, 0.3) is 5.56 Å². The van der Waals surface area contributed by atoms with Crippen LogP contribution in [0.1, 0.15) is 11.5 Å². The lowest BCUT2D eigenvalue weighted by Crippen LogP contribution is -2.22. The maximum absolute atomic E-state index is 11.6. The Balaban J connectivity index is 2.46. The first-order chi connectivity index (χ1) is 7.68. The molecule has 0 amide bonds. The first-order valence-corrected chi connectivity index (χ1v) is 4.85. The van der Waals surface area contributed by atoms with Crippen molar-refractivity contribution in [2.75, 3.05) is 0 Å². The molecule has 0 atom stereocenters. The molecule has 0 aliphatic carbocycles. The molecule has 82 valence electrons. The van der Waals surface area contributed by atoms with Crippen LogP contribution in [-0.2, 0) is 0 Å². The minimum atomic E-state index is -0.355. The predicted molar refractivity (Wildman–Crippen MR) is 60.1 cm³/mol. The van der Waals surface area contributed by atoms with E-state index in [0.29, 0.717) is 11.5 Å². The van der Waals surface area contributed by atoms with Gasteiger partial charge >= 0.3 is 0 Å². The van der Waals surface area contributed by atoms with Crippen molar-refractivity contribution in [1.29, 1.82) is 0 Å². The standard InChI is InChI=1S/C9H8N4O2S/c1-6-8(14)13(9(16)12-11-6)10-5-7-3-2-4-15-7/h2-5H,1H3,(H,12,16)/b10-5-. The van der Waals surface area contributed by atoms with Gasteiger partial charge in [-0.2, -0.15) is 14.9 Å². The Labute approximate surface area is 95.2 Å². The number of aromatic nitrogens is 3. The van der Waals surface area contributed by atoms with E-state index in [1.807, 2.05) is 0 Å². The van der Waals surface area contributed by atoms with Crippen molar-refractivity contribution in [3.8, 4) is 0 Å². The van der Waals surface area contributed by atoms with Gasteiger partial charge in [0.15, 0.2) is 0 Å². The fraction of sp³-hybridized carbons (Fsp3) is 0.111. The fourth-order valence-electron chi connectivity index (χ4n) is 1.06. The molecule has 0 aliphatic heterocycles. The van der Waals surface area contributed by atoms with Crippen molar-refractivity contribution in [1.82, 2.24) is 14.9 Å². The molecule has 0 aliphatic rings. The molecule has 0 radical (unpaired) electrons. The highest BCUT2D eigenvalue weighted by molar-refractivity contribution is 7.71. The highest BCUT2D eigenvalue weighted by Crippen LogP contribution is 1.95. The van der Waals surface area contributed by atoms with Gasteiger partial charge < -0.3 is 4.42 Å². The lowest BCUT2D eigenvalue weighted by molar-refractivity contribution is 0.559. The first-order valence-electron chi connectivity index (χ1n) is 4.44. The summed E-state index contributed by atoms with van der Waals surface area (Å²) >= 11 is 4.89. The van der Waals surface area contributed by atoms with Crippen LogP contribution in [0.2, 0.25) is 0 Å². The molecule has 1 N–H and O–H groups in total. The van der Waals surface area contributed by atoms with Crippen LogP contribution in [0.4, 0.5) is 0 Å². The molecule has 2 rings (SSSR count). The summed E-state index contributed by atoms with van der Waals surface area (Å²) in [6.45, 7) is 1.58. The van der Waals surface area contributed by atoms with Gasteiger partial charge in [-0.15, -0.1) is 0 Å². The Morgan fingerprint density at radius 1 is 1.69 bits per heavy atom. The quantitative estimate of drug-likeness (QED) is 0.625. The number of hydrogen-bond donors (Lipinski definition) is 1. The molecular weight excluding hydrogens is 228 g/mol. The summed E-state index contributed by atoms with van der Waals surface area (Å²) in [5.74, 6) is 0.538. The summed E-state index contributed by atoms with van der Waals surface area (Å²) in [6.07, 6.45) is 2.92. The first kappa shape index (κ1) is 10.5. The van der Waals surface area contributed by atoms with Crippen LogP contribution >= 0.6 is 12.2 Å². The van der Waals surface area contributed by atoms with Crippen molar-refractivity contribution < 1.29 is 4.42 Å². The van der Waals surface area contributed by atoms with Crippen LogP contribution < -0.4 is 5.56 Å². The van der Waals surface area contributed by atoms with E-state index >= 15 is 0 Å². The van der Waals surface area contributed by atoms with Crippen LogP contribution in [0, 0.1) is 11.7 Å². The third-order valence-corrected chi connectivity index (χ3v) is 2.12. The van der Waals surface area contributed by atoms with Crippen LogP contribution in [0.25, 0.3) is 0 Å². The zero-order valence-corrected chi connectivity index (χ0v) is 9.19. The molecule has 7 heteroatoms. The number of aromatic amines is 1. The topological polar surface area (TPSA) is 76.2 Å². The van der Waals surface area contributed by atoms with E-state index < -0.39 is 0 Å². The van der Waals surface area contributed by atoms with E-state index in [9.17, 15) is 4.79 Å². The second-order valence-corrected chi connectivity index (χ2v) is 3.38. The minimum Gasteiger partial charge on any atom is -0.463 e.